The second-order valence-corrected chi connectivity index (χ2v) is 4.64. The molecule has 0 spiro atoms. The maximum absolute atomic E-state index is 4.68. The van der Waals surface area contributed by atoms with Crippen molar-refractivity contribution in [3.63, 3.8) is 0 Å². The molecule has 3 heteroatoms. The molecular formula is C18H20N2Pd. The molecule has 0 fully saturated rings. The van der Waals surface area contributed by atoms with Crippen LogP contribution >= 0.6 is 0 Å². The summed E-state index contributed by atoms with van der Waals surface area (Å²) in [7, 11) is 0. The third kappa shape index (κ3) is 6.62. The second-order valence-electron chi connectivity index (χ2n) is 4.64. The largest absolute Gasteiger partial charge is 0.255 e. The summed E-state index contributed by atoms with van der Waals surface area (Å²) >= 11 is 0. The van der Waals surface area contributed by atoms with Gasteiger partial charge in [-0.05, 0) is 37.1 Å². The van der Waals surface area contributed by atoms with Crippen molar-refractivity contribution in [2.75, 3.05) is 0 Å². The van der Waals surface area contributed by atoms with E-state index in [1.807, 2.05) is 66.9 Å². The molecule has 2 aromatic rings. The molecule has 2 rings (SSSR count). The average Bonchev–Trinajstić information content (AvgIpc) is 2.52. The summed E-state index contributed by atoms with van der Waals surface area (Å²) in [5, 5.41) is 0. The molecule has 2 aromatic carbocycles. The average molecular weight is 371 g/mol. The van der Waals surface area contributed by atoms with Gasteiger partial charge in [0.25, 0.3) is 0 Å². The molecule has 21 heavy (non-hydrogen) atoms. The maximum Gasteiger partial charge on any atom is 0.0633 e. The Morgan fingerprint density at radius 3 is 2.05 bits per heavy atom. The molecule has 0 N–H and O–H groups in total. The normalized spacial score (nSPS) is 11.4. The zero-order chi connectivity index (χ0) is 14.0. The molecule has 0 saturated carbocycles. The van der Waals surface area contributed by atoms with Crippen LogP contribution < -0.4 is 0 Å². The summed E-state index contributed by atoms with van der Waals surface area (Å²) in [5.74, 6) is 0. The first-order valence-corrected chi connectivity index (χ1v) is 7.10. The first-order chi connectivity index (χ1) is 9.88. The Hall–Kier alpha value is -1.56. The third-order valence-electron chi connectivity index (χ3n) is 2.93. The SMILES string of the molecule is CCCCC(/C=N/c1ccccc1)=N\c1ccccc1.[Pd]. The van der Waals surface area contributed by atoms with Gasteiger partial charge in [-0.25, -0.2) is 0 Å². The molecule has 0 aromatic heterocycles. The summed E-state index contributed by atoms with van der Waals surface area (Å²) in [5.41, 5.74) is 2.98. The summed E-state index contributed by atoms with van der Waals surface area (Å²) < 4.78 is 0. The van der Waals surface area contributed by atoms with Crippen LogP contribution in [0.2, 0.25) is 0 Å². The van der Waals surface area contributed by atoms with E-state index < -0.39 is 0 Å². The van der Waals surface area contributed by atoms with E-state index in [-0.39, 0.29) is 20.4 Å². The first-order valence-electron chi connectivity index (χ1n) is 7.10. The first kappa shape index (κ1) is 17.5. The molecule has 0 aliphatic rings. The zero-order valence-corrected chi connectivity index (χ0v) is 13.7. The molecule has 0 radical (unpaired) electrons. The van der Waals surface area contributed by atoms with Gasteiger partial charge in [0, 0.05) is 26.6 Å². The van der Waals surface area contributed by atoms with Crippen molar-refractivity contribution < 1.29 is 20.4 Å². The van der Waals surface area contributed by atoms with Gasteiger partial charge in [-0.3, -0.25) is 9.98 Å². The molecule has 0 heterocycles. The van der Waals surface area contributed by atoms with E-state index >= 15 is 0 Å². The van der Waals surface area contributed by atoms with Gasteiger partial charge in [-0.15, -0.1) is 0 Å². The number of benzene rings is 2. The number of para-hydroxylation sites is 2. The predicted octanol–water partition coefficient (Wildman–Crippen LogP) is 5.35. The third-order valence-corrected chi connectivity index (χ3v) is 2.93. The van der Waals surface area contributed by atoms with E-state index in [9.17, 15) is 0 Å². The molecular weight excluding hydrogens is 351 g/mol. The Balaban J connectivity index is 0.00000220. The van der Waals surface area contributed by atoms with Crippen molar-refractivity contribution in [1.82, 2.24) is 0 Å². The monoisotopic (exact) mass is 370 g/mol. The van der Waals surface area contributed by atoms with Crippen LogP contribution in [0.1, 0.15) is 26.2 Å². The van der Waals surface area contributed by atoms with Crippen molar-refractivity contribution in [3.8, 4) is 0 Å². The number of hydrogen-bond acceptors (Lipinski definition) is 2. The van der Waals surface area contributed by atoms with Crippen molar-refractivity contribution in [2.45, 2.75) is 26.2 Å². The fourth-order valence-electron chi connectivity index (χ4n) is 1.84. The number of aliphatic imine (C=N–C) groups is 2. The Bertz CT molecular complexity index is 562. The number of hydrogen-bond donors (Lipinski definition) is 0. The molecule has 0 aliphatic carbocycles. The van der Waals surface area contributed by atoms with Crippen LogP contribution in [0.5, 0.6) is 0 Å². The van der Waals surface area contributed by atoms with E-state index in [0.717, 1.165) is 36.3 Å². The quantitative estimate of drug-likeness (QED) is 0.484. The summed E-state index contributed by atoms with van der Waals surface area (Å²) in [6, 6.07) is 20.0. The molecule has 0 saturated heterocycles. The second kappa shape index (κ2) is 10.2. The minimum atomic E-state index is 0. The predicted molar refractivity (Wildman–Crippen MR) is 87.7 cm³/mol. The van der Waals surface area contributed by atoms with Crippen molar-refractivity contribution in [2.24, 2.45) is 9.98 Å². The van der Waals surface area contributed by atoms with Crippen LogP contribution in [0.4, 0.5) is 11.4 Å². The van der Waals surface area contributed by atoms with Gasteiger partial charge in [-0.1, -0.05) is 49.7 Å². The maximum atomic E-state index is 4.68. The van der Waals surface area contributed by atoms with Gasteiger partial charge in [0.1, 0.15) is 0 Å². The molecule has 0 aliphatic heterocycles. The molecule has 0 unspecified atom stereocenters. The number of nitrogens with zero attached hydrogens (tertiary/aromatic N) is 2. The van der Waals surface area contributed by atoms with E-state index in [1.54, 1.807) is 0 Å². The molecule has 2 nitrogen and oxygen atoms in total. The number of unbranched alkanes of at least 4 members (excludes halogenated alkanes) is 1. The molecule has 0 bridgehead atoms. The van der Waals surface area contributed by atoms with Crippen LogP contribution in [0.3, 0.4) is 0 Å². The van der Waals surface area contributed by atoms with E-state index in [1.165, 1.54) is 0 Å². The van der Waals surface area contributed by atoms with E-state index in [4.69, 9.17) is 0 Å². The van der Waals surface area contributed by atoms with Gasteiger partial charge >= 0.3 is 0 Å². The van der Waals surface area contributed by atoms with Gasteiger partial charge in [-0.2, -0.15) is 0 Å². The van der Waals surface area contributed by atoms with Crippen LogP contribution in [0.15, 0.2) is 70.6 Å². The van der Waals surface area contributed by atoms with Crippen molar-refractivity contribution in [3.05, 3.63) is 60.7 Å². The van der Waals surface area contributed by atoms with Crippen LogP contribution in [0.25, 0.3) is 0 Å². The van der Waals surface area contributed by atoms with E-state index in [2.05, 4.69) is 16.9 Å². The minimum Gasteiger partial charge on any atom is -0.255 e. The van der Waals surface area contributed by atoms with Crippen molar-refractivity contribution in [1.29, 1.82) is 0 Å². The van der Waals surface area contributed by atoms with Crippen LogP contribution in [-0.4, -0.2) is 11.9 Å². The van der Waals surface area contributed by atoms with Crippen LogP contribution in [0, 0.1) is 0 Å². The Labute approximate surface area is 140 Å². The molecule has 0 atom stereocenters. The molecule has 0 amide bonds. The Kier molecular flexibility index (Phi) is 8.51. The standard InChI is InChI=1S/C18H20N2.Pd/c1-2-3-10-18(20-17-13-8-5-9-14-17)15-19-16-11-6-4-7-12-16;/h4-9,11-15H,2-3,10H2,1H3;/b19-15+,20-18+;. The molecule has 112 valence electrons. The fourth-order valence-corrected chi connectivity index (χ4v) is 1.84. The summed E-state index contributed by atoms with van der Waals surface area (Å²) in [6.45, 7) is 2.19. The minimum absolute atomic E-state index is 0. The smallest absolute Gasteiger partial charge is 0.0633 e. The van der Waals surface area contributed by atoms with Gasteiger partial charge < -0.3 is 0 Å². The Morgan fingerprint density at radius 2 is 1.48 bits per heavy atom. The zero-order valence-electron chi connectivity index (χ0n) is 12.2. The Morgan fingerprint density at radius 1 is 0.905 bits per heavy atom. The topological polar surface area (TPSA) is 24.7 Å². The van der Waals surface area contributed by atoms with Crippen LogP contribution in [-0.2, 0) is 20.4 Å². The fraction of sp³-hybridized carbons (Fsp3) is 0.222. The van der Waals surface area contributed by atoms with Gasteiger partial charge in [0.15, 0.2) is 0 Å². The van der Waals surface area contributed by atoms with Gasteiger partial charge in [0.05, 0.1) is 17.1 Å². The summed E-state index contributed by atoms with van der Waals surface area (Å²) in [6.07, 6.45) is 5.14. The number of rotatable bonds is 6. The van der Waals surface area contributed by atoms with E-state index in [0.29, 0.717) is 0 Å². The van der Waals surface area contributed by atoms with Crippen molar-refractivity contribution >= 4 is 23.3 Å². The summed E-state index contributed by atoms with van der Waals surface area (Å²) in [4.78, 5) is 9.18. The van der Waals surface area contributed by atoms with Gasteiger partial charge in [0.2, 0.25) is 0 Å².